The summed E-state index contributed by atoms with van der Waals surface area (Å²) in [5.41, 5.74) is 2.84. The lowest BCUT2D eigenvalue weighted by atomic mass is 10.1. The fraction of sp³-hybridized carbons (Fsp3) is 0.400. The number of hydrogen-bond donors (Lipinski definition) is 1. The Balaban J connectivity index is 1.58. The number of aromatic amines is 1. The number of pyridine rings is 1. The first-order valence-corrected chi connectivity index (χ1v) is 10.1. The molecule has 4 rings (SSSR count). The van der Waals surface area contributed by atoms with Crippen LogP contribution in [0.5, 0.6) is 0 Å². The van der Waals surface area contributed by atoms with Gasteiger partial charge in [-0.2, -0.15) is 0 Å². The fourth-order valence-electron chi connectivity index (χ4n) is 3.83. The van der Waals surface area contributed by atoms with Crippen LogP contribution in [0.25, 0.3) is 10.2 Å². The number of amides is 1. The summed E-state index contributed by atoms with van der Waals surface area (Å²) in [5, 5.41) is 2.04. The van der Waals surface area contributed by atoms with Crippen LogP contribution < -0.4 is 0 Å². The van der Waals surface area contributed by atoms with Gasteiger partial charge in [0, 0.05) is 31.5 Å². The highest BCUT2D eigenvalue weighted by molar-refractivity contribution is 7.17. The molecule has 1 aliphatic rings. The number of hydrogen-bond acceptors (Lipinski definition) is 4. The Labute approximate surface area is 157 Å². The van der Waals surface area contributed by atoms with E-state index >= 15 is 0 Å². The summed E-state index contributed by atoms with van der Waals surface area (Å²) in [6.45, 7) is 5.76. The molecule has 5 nitrogen and oxygen atoms in total. The smallest absolute Gasteiger partial charge is 0.270 e. The number of likely N-dealkylation sites (N-methyl/N-ethyl adjacent to an activating group) is 1. The van der Waals surface area contributed by atoms with E-state index < -0.39 is 0 Å². The first kappa shape index (κ1) is 17.2. The molecule has 0 saturated carbocycles. The Hall–Kier alpha value is -2.18. The van der Waals surface area contributed by atoms with Crippen molar-refractivity contribution in [1.29, 1.82) is 0 Å². The monoisotopic (exact) mass is 368 g/mol. The van der Waals surface area contributed by atoms with Crippen molar-refractivity contribution in [3.63, 3.8) is 0 Å². The van der Waals surface area contributed by atoms with Gasteiger partial charge in [-0.05, 0) is 61.1 Å². The zero-order valence-corrected chi connectivity index (χ0v) is 15.8. The summed E-state index contributed by atoms with van der Waals surface area (Å²) in [5.74, 6) is 0.0770. The van der Waals surface area contributed by atoms with E-state index in [0.29, 0.717) is 18.3 Å². The number of aromatic nitrogens is 2. The fourth-order valence-corrected chi connectivity index (χ4v) is 4.62. The van der Waals surface area contributed by atoms with Crippen molar-refractivity contribution in [2.24, 2.45) is 0 Å². The van der Waals surface area contributed by atoms with E-state index in [1.807, 2.05) is 34.5 Å². The molecule has 136 valence electrons. The molecule has 1 fully saturated rings. The van der Waals surface area contributed by atoms with Crippen LogP contribution in [0.4, 0.5) is 0 Å². The highest BCUT2D eigenvalue weighted by Gasteiger charge is 2.28. The maximum absolute atomic E-state index is 13.3. The van der Waals surface area contributed by atoms with Crippen LogP contribution >= 0.6 is 11.3 Å². The normalized spacial score (nSPS) is 17.8. The van der Waals surface area contributed by atoms with Crippen LogP contribution in [0.1, 0.15) is 35.8 Å². The number of fused-ring (bicyclic) bond motifs is 1. The number of carbonyl (C=O) groups excluding carboxylic acids is 1. The molecule has 26 heavy (non-hydrogen) atoms. The molecule has 1 N–H and O–H groups in total. The average molecular weight is 369 g/mol. The van der Waals surface area contributed by atoms with Crippen molar-refractivity contribution < 1.29 is 4.79 Å². The Kier molecular flexibility index (Phi) is 5.04. The van der Waals surface area contributed by atoms with Crippen molar-refractivity contribution in [2.45, 2.75) is 32.4 Å². The van der Waals surface area contributed by atoms with Crippen LogP contribution in [0.3, 0.4) is 0 Å². The molecule has 0 bridgehead atoms. The third kappa shape index (κ3) is 3.52. The van der Waals surface area contributed by atoms with E-state index in [4.69, 9.17) is 0 Å². The molecule has 1 amide bonds. The second kappa shape index (κ2) is 7.60. The predicted octanol–water partition coefficient (Wildman–Crippen LogP) is 3.75. The molecule has 0 aromatic carbocycles. The molecule has 1 aliphatic heterocycles. The van der Waals surface area contributed by atoms with Crippen molar-refractivity contribution in [2.75, 3.05) is 19.6 Å². The minimum absolute atomic E-state index is 0.0770. The number of thiophene rings is 1. The van der Waals surface area contributed by atoms with Gasteiger partial charge in [0.15, 0.2) is 0 Å². The third-order valence-corrected chi connectivity index (χ3v) is 6.08. The largest absolute Gasteiger partial charge is 0.350 e. The lowest BCUT2D eigenvalue weighted by molar-refractivity contribution is 0.0687. The Bertz CT molecular complexity index is 844. The van der Waals surface area contributed by atoms with Crippen LogP contribution in [-0.2, 0) is 6.54 Å². The van der Waals surface area contributed by atoms with Gasteiger partial charge in [0.2, 0.25) is 0 Å². The maximum Gasteiger partial charge on any atom is 0.270 e. The van der Waals surface area contributed by atoms with Crippen molar-refractivity contribution in [3.8, 4) is 0 Å². The minimum atomic E-state index is 0.0770. The van der Waals surface area contributed by atoms with Gasteiger partial charge in [-0.3, -0.25) is 14.7 Å². The maximum atomic E-state index is 13.3. The number of carbonyl (C=O) groups is 1. The van der Waals surface area contributed by atoms with Crippen molar-refractivity contribution in [1.82, 2.24) is 19.8 Å². The minimum Gasteiger partial charge on any atom is -0.350 e. The van der Waals surface area contributed by atoms with Gasteiger partial charge in [0.1, 0.15) is 5.69 Å². The molecule has 1 unspecified atom stereocenters. The van der Waals surface area contributed by atoms with Crippen LogP contribution in [0, 0.1) is 0 Å². The highest BCUT2D eigenvalue weighted by atomic mass is 32.1. The summed E-state index contributed by atoms with van der Waals surface area (Å²) in [7, 11) is 0. The number of likely N-dealkylation sites (tertiary alicyclic amines) is 1. The standard InChI is InChI=1S/C20H24N4OS/c1-2-23-10-3-4-16(23)14-24(13-15-5-8-21-9-6-15)20(25)18-12-19-17(22-18)7-11-26-19/h5-9,11-12,16,22H,2-4,10,13-14H2,1H3. The molecule has 0 spiro atoms. The molecule has 0 radical (unpaired) electrons. The zero-order chi connectivity index (χ0) is 17.9. The Morgan fingerprint density at radius 3 is 3.00 bits per heavy atom. The van der Waals surface area contributed by atoms with Crippen LogP contribution in [0.2, 0.25) is 0 Å². The van der Waals surface area contributed by atoms with Gasteiger partial charge in [0.05, 0.1) is 10.2 Å². The highest BCUT2D eigenvalue weighted by Crippen LogP contribution is 2.24. The second-order valence-corrected chi connectivity index (χ2v) is 7.80. The van der Waals surface area contributed by atoms with Gasteiger partial charge in [-0.25, -0.2) is 0 Å². The summed E-state index contributed by atoms with van der Waals surface area (Å²) < 4.78 is 1.13. The number of nitrogens with zero attached hydrogens (tertiary/aromatic N) is 3. The van der Waals surface area contributed by atoms with E-state index in [9.17, 15) is 4.79 Å². The average Bonchev–Trinajstić information content (AvgIpc) is 3.37. The number of H-pyrrole nitrogens is 1. The summed E-state index contributed by atoms with van der Waals surface area (Å²) in [4.78, 5) is 25.1. The van der Waals surface area contributed by atoms with Crippen LogP contribution in [-0.4, -0.2) is 51.4 Å². The quantitative estimate of drug-likeness (QED) is 0.721. The third-order valence-electron chi connectivity index (χ3n) is 5.22. The van der Waals surface area contributed by atoms with Gasteiger partial charge in [-0.15, -0.1) is 11.3 Å². The van der Waals surface area contributed by atoms with E-state index in [2.05, 4.69) is 21.8 Å². The predicted molar refractivity (Wildman–Crippen MR) is 105 cm³/mol. The van der Waals surface area contributed by atoms with Crippen molar-refractivity contribution >= 4 is 27.5 Å². The lowest BCUT2D eigenvalue weighted by Gasteiger charge is -2.30. The molecule has 3 aromatic heterocycles. The molecule has 4 heterocycles. The van der Waals surface area contributed by atoms with E-state index in [-0.39, 0.29) is 5.91 Å². The topological polar surface area (TPSA) is 52.2 Å². The zero-order valence-electron chi connectivity index (χ0n) is 15.0. The summed E-state index contributed by atoms with van der Waals surface area (Å²) in [6.07, 6.45) is 5.95. The molecular weight excluding hydrogens is 344 g/mol. The summed E-state index contributed by atoms with van der Waals surface area (Å²) in [6, 6.07) is 8.43. The van der Waals surface area contributed by atoms with Gasteiger partial charge < -0.3 is 9.88 Å². The van der Waals surface area contributed by atoms with Crippen molar-refractivity contribution in [3.05, 3.63) is 53.3 Å². The lowest BCUT2D eigenvalue weighted by Crippen LogP contribution is -2.42. The Morgan fingerprint density at radius 1 is 1.38 bits per heavy atom. The van der Waals surface area contributed by atoms with Gasteiger partial charge in [-0.1, -0.05) is 6.92 Å². The van der Waals surface area contributed by atoms with E-state index in [1.165, 1.54) is 6.42 Å². The molecule has 0 aliphatic carbocycles. The Morgan fingerprint density at radius 2 is 2.23 bits per heavy atom. The molecule has 3 aromatic rings. The second-order valence-electron chi connectivity index (χ2n) is 6.85. The summed E-state index contributed by atoms with van der Waals surface area (Å²) >= 11 is 1.66. The van der Waals surface area contributed by atoms with Gasteiger partial charge in [0.25, 0.3) is 5.91 Å². The molecule has 1 saturated heterocycles. The number of rotatable bonds is 6. The SMILES string of the molecule is CCN1CCCC1CN(Cc1ccncc1)C(=O)c1cc2sccc2[nH]1. The van der Waals surface area contributed by atoms with Crippen LogP contribution in [0.15, 0.2) is 42.0 Å². The first-order valence-electron chi connectivity index (χ1n) is 9.23. The molecule has 1 atom stereocenters. The van der Waals surface area contributed by atoms with Gasteiger partial charge >= 0.3 is 0 Å². The number of nitrogens with one attached hydrogen (secondary N) is 1. The van der Waals surface area contributed by atoms with E-state index in [0.717, 1.165) is 41.8 Å². The van der Waals surface area contributed by atoms with E-state index in [1.54, 1.807) is 23.7 Å². The first-order chi connectivity index (χ1) is 12.7. The molecule has 6 heteroatoms. The molecular formula is C20H24N4OS.